The molecule has 5 nitrogen and oxygen atoms in total. The average molecular weight is 424 g/mol. The molecule has 31 heavy (non-hydrogen) atoms. The molecule has 5 rings (SSSR count). The van der Waals surface area contributed by atoms with E-state index in [-0.39, 0.29) is 11.7 Å². The van der Waals surface area contributed by atoms with Gasteiger partial charge in [0.1, 0.15) is 11.9 Å². The predicted octanol–water partition coefficient (Wildman–Crippen LogP) is 4.98. The summed E-state index contributed by atoms with van der Waals surface area (Å²) in [5.74, 6) is 0.888. The molecule has 2 aliphatic heterocycles. The zero-order valence-electron chi connectivity index (χ0n) is 17.7. The molecule has 3 aromatic rings. The number of anilines is 2. The van der Waals surface area contributed by atoms with Gasteiger partial charge in [-0.05, 0) is 61.2 Å². The van der Waals surface area contributed by atoms with Crippen LogP contribution in [0.5, 0.6) is 5.75 Å². The molecule has 2 aromatic carbocycles. The first-order chi connectivity index (χ1) is 15.0. The summed E-state index contributed by atoms with van der Waals surface area (Å²) in [7, 11) is 1.79. The van der Waals surface area contributed by atoms with Gasteiger partial charge in [-0.25, -0.2) is 8.78 Å². The van der Waals surface area contributed by atoms with Gasteiger partial charge >= 0.3 is 0 Å². The second-order valence-corrected chi connectivity index (χ2v) is 8.38. The van der Waals surface area contributed by atoms with Gasteiger partial charge in [0.05, 0.1) is 6.20 Å². The molecule has 1 atom stereocenters. The Morgan fingerprint density at radius 1 is 1.19 bits per heavy atom. The van der Waals surface area contributed by atoms with Crippen LogP contribution in [0.15, 0.2) is 42.7 Å². The molecule has 0 fully saturated rings. The summed E-state index contributed by atoms with van der Waals surface area (Å²) in [5, 5.41) is 7.57. The molecule has 7 heteroatoms. The van der Waals surface area contributed by atoms with Gasteiger partial charge in [-0.2, -0.15) is 5.10 Å². The van der Waals surface area contributed by atoms with Gasteiger partial charge in [0.2, 0.25) is 0 Å². The Morgan fingerprint density at radius 3 is 2.84 bits per heavy atom. The van der Waals surface area contributed by atoms with Gasteiger partial charge in [0, 0.05) is 60.9 Å². The van der Waals surface area contributed by atoms with E-state index in [9.17, 15) is 8.78 Å². The minimum absolute atomic E-state index is 0.0484. The molecule has 162 valence electrons. The lowest BCUT2D eigenvalue weighted by Crippen LogP contribution is -2.25. The van der Waals surface area contributed by atoms with Crippen LogP contribution in [0.4, 0.5) is 20.2 Å². The number of nitrogens with zero attached hydrogens (tertiary/aromatic N) is 3. The van der Waals surface area contributed by atoms with Gasteiger partial charge in [0.25, 0.3) is 6.43 Å². The highest BCUT2D eigenvalue weighted by molar-refractivity contribution is 5.77. The number of hydrogen-bond donors (Lipinski definition) is 1. The standard InChI is InChI=1S/C24H26F2N4O/c1-15-11-27-12-17-8-19(5-6-23(17)31-15)30-7-3-4-16-9-20(18-13-28-29(2)14-18)21(24(25)26)10-22(16)30/h5-6,8-10,13-15,24,27H,3-4,7,11-12H2,1-2H3. The molecule has 0 aliphatic carbocycles. The fourth-order valence-corrected chi connectivity index (χ4v) is 4.56. The SMILES string of the molecule is CC1CNCc2cc(N3CCCc4cc(-c5cnn(C)c5)c(C(F)F)cc43)ccc2O1. The summed E-state index contributed by atoms with van der Waals surface area (Å²) >= 11 is 0. The van der Waals surface area contributed by atoms with Crippen molar-refractivity contribution in [1.29, 1.82) is 0 Å². The van der Waals surface area contributed by atoms with Crippen LogP contribution in [0.25, 0.3) is 11.1 Å². The minimum Gasteiger partial charge on any atom is -0.489 e. The normalized spacial score (nSPS) is 18.4. The number of halogens is 2. The van der Waals surface area contributed by atoms with Crippen LogP contribution < -0.4 is 15.0 Å². The van der Waals surface area contributed by atoms with Crippen molar-refractivity contribution in [3.05, 3.63) is 59.4 Å². The summed E-state index contributed by atoms with van der Waals surface area (Å²) in [6.07, 6.45) is 2.83. The van der Waals surface area contributed by atoms with Gasteiger partial charge < -0.3 is 15.0 Å². The third-order valence-electron chi connectivity index (χ3n) is 6.05. The van der Waals surface area contributed by atoms with Crippen molar-refractivity contribution in [2.45, 2.75) is 38.8 Å². The molecule has 0 spiro atoms. The number of hydrogen-bond acceptors (Lipinski definition) is 4. The lowest BCUT2D eigenvalue weighted by Gasteiger charge is -2.33. The topological polar surface area (TPSA) is 42.3 Å². The molecule has 1 unspecified atom stereocenters. The second kappa shape index (κ2) is 7.96. The number of benzene rings is 2. The number of rotatable bonds is 3. The molecule has 0 saturated carbocycles. The van der Waals surface area contributed by atoms with Crippen molar-refractivity contribution in [2.75, 3.05) is 18.0 Å². The Labute approximate surface area is 180 Å². The molecule has 2 aliphatic rings. The maximum Gasteiger partial charge on any atom is 0.264 e. The summed E-state index contributed by atoms with van der Waals surface area (Å²) in [6.45, 7) is 4.37. The third kappa shape index (κ3) is 3.78. The van der Waals surface area contributed by atoms with E-state index in [2.05, 4.69) is 21.4 Å². The Kier molecular flexibility index (Phi) is 5.14. The average Bonchev–Trinajstić information content (AvgIpc) is 3.10. The molecule has 3 heterocycles. The number of aromatic nitrogens is 2. The van der Waals surface area contributed by atoms with Crippen LogP contribution in [0.1, 0.15) is 36.5 Å². The molecule has 1 N–H and O–H groups in total. The highest BCUT2D eigenvalue weighted by Crippen LogP contribution is 2.42. The van der Waals surface area contributed by atoms with Crippen LogP contribution >= 0.6 is 0 Å². The highest BCUT2D eigenvalue weighted by atomic mass is 19.3. The van der Waals surface area contributed by atoms with E-state index in [4.69, 9.17) is 4.74 Å². The molecule has 0 bridgehead atoms. The van der Waals surface area contributed by atoms with Crippen LogP contribution in [-0.4, -0.2) is 29.0 Å². The number of ether oxygens (including phenoxy) is 1. The van der Waals surface area contributed by atoms with Gasteiger partial charge in [-0.15, -0.1) is 0 Å². The molecular formula is C24H26F2N4O. The zero-order valence-corrected chi connectivity index (χ0v) is 17.7. The summed E-state index contributed by atoms with van der Waals surface area (Å²) in [5.41, 5.74) is 5.39. The van der Waals surface area contributed by atoms with Crippen LogP contribution in [0.2, 0.25) is 0 Å². The Bertz CT molecular complexity index is 1110. The highest BCUT2D eigenvalue weighted by Gasteiger charge is 2.25. The van der Waals surface area contributed by atoms with Crippen LogP contribution in [0, 0.1) is 0 Å². The van der Waals surface area contributed by atoms with E-state index in [1.807, 2.05) is 25.1 Å². The van der Waals surface area contributed by atoms with Crippen molar-refractivity contribution in [3.8, 4) is 16.9 Å². The molecule has 0 saturated heterocycles. The van der Waals surface area contributed by atoms with Gasteiger partial charge in [0.15, 0.2) is 0 Å². The number of aryl methyl sites for hydroxylation is 2. The number of fused-ring (bicyclic) bond motifs is 2. The summed E-state index contributed by atoms with van der Waals surface area (Å²) < 4.78 is 35.8. The van der Waals surface area contributed by atoms with Crippen LogP contribution in [0.3, 0.4) is 0 Å². The molecule has 1 aromatic heterocycles. The first-order valence-electron chi connectivity index (χ1n) is 10.7. The van der Waals surface area contributed by atoms with E-state index in [1.54, 1.807) is 30.2 Å². The summed E-state index contributed by atoms with van der Waals surface area (Å²) in [4.78, 5) is 2.16. The third-order valence-corrected chi connectivity index (χ3v) is 6.05. The maximum absolute atomic E-state index is 14.1. The molecule has 0 amide bonds. The Balaban J connectivity index is 1.57. The number of alkyl halides is 2. The van der Waals surface area contributed by atoms with Crippen molar-refractivity contribution in [1.82, 2.24) is 15.1 Å². The van der Waals surface area contributed by atoms with E-state index in [1.165, 1.54) is 0 Å². The quantitative estimate of drug-likeness (QED) is 0.644. The predicted molar refractivity (Wildman–Crippen MR) is 117 cm³/mol. The fraction of sp³-hybridized carbons (Fsp3) is 0.375. The lowest BCUT2D eigenvalue weighted by atomic mass is 9.92. The van der Waals surface area contributed by atoms with E-state index in [0.29, 0.717) is 5.56 Å². The van der Waals surface area contributed by atoms with E-state index < -0.39 is 6.43 Å². The Morgan fingerprint density at radius 2 is 2.06 bits per heavy atom. The van der Waals surface area contributed by atoms with Crippen molar-refractivity contribution >= 4 is 11.4 Å². The molecular weight excluding hydrogens is 398 g/mol. The van der Waals surface area contributed by atoms with Gasteiger partial charge in [-0.1, -0.05) is 0 Å². The van der Waals surface area contributed by atoms with E-state index in [0.717, 1.165) is 66.3 Å². The minimum atomic E-state index is -2.56. The lowest BCUT2D eigenvalue weighted by molar-refractivity contribution is 0.152. The Hall–Kier alpha value is -2.93. The van der Waals surface area contributed by atoms with Gasteiger partial charge in [-0.3, -0.25) is 4.68 Å². The first kappa shape index (κ1) is 20.0. The van der Waals surface area contributed by atoms with Crippen molar-refractivity contribution in [3.63, 3.8) is 0 Å². The number of nitrogens with one attached hydrogen (secondary N) is 1. The second-order valence-electron chi connectivity index (χ2n) is 8.38. The monoisotopic (exact) mass is 424 g/mol. The van der Waals surface area contributed by atoms with Crippen molar-refractivity contribution in [2.24, 2.45) is 7.05 Å². The van der Waals surface area contributed by atoms with Crippen molar-refractivity contribution < 1.29 is 13.5 Å². The molecule has 0 radical (unpaired) electrons. The largest absolute Gasteiger partial charge is 0.489 e. The van der Waals surface area contributed by atoms with E-state index >= 15 is 0 Å². The maximum atomic E-state index is 14.1. The first-order valence-corrected chi connectivity index (χ1v) is 10.7. The zero-order chi connectivity index (χ0) is 21.5. The smallest absolute Gasteiger partial charge is 0.264 e. The fourth-order valence-electron chi connectivity index (χ4n) is 4.56. The van der Waals surface area contributed by atoms with Crippen LogP contribution in [-0.2, 0) is 20.0 Å². The summed E-state index contributed by atoms with van der Waals surface area (Å²) in [6, 6.07) is 9.75.